The second-order valence-electron chi connectivity index (χ2n) is 4.69. The zero-order chi connectivity index (χ0) is 12.1. The van der Waals surface area contributed by atoms with Crippen molar-refractivity contribution in [2.24, 2.45) is 5.73 Å². The minimum atomic E-state index is -0.00224. The maximum absolute atomic E-state index is 12.0. The van der Waals surface area contributed by atoms with E-state index in [0.717, 1.165) is 25.9 Å². The molecule has 3 unspecified atom stereocenters. The van der Waals surface area contributed by atoms with Crippen molar-refractivity contribution in [1.82, 2.24) is 4.90 Å². The Hall–Kier alpha value is -0.610. The zero-order valence-electron chi connectivity index (χ0n) is 10.6. The van der Waals surface area contributed by atoms with Gasteiger partial charge in [-0.2, -0.15) is 0 Å². The fourth-order valence-corrected chi connectivity index (χ4v) is 2.26. The van der Waals surface area contributed by atoms with Crippen molar-refractivity contribution >= 4 is 5.91 Å². The number of amides is 1. The molecule has 0 spiro atoms. The van der Waals surface area contributed by atoms with E-state index in [9.17, 15) is 4.79 Å². The van der Waals surface area contributed by atoms with Crippen molar-refractivity contribution in [2.45, 2.75) is 57.7 Å². The van der Waals surface area contributed by atoms with E-state index in [0.29, 0.717) is 6.42 Å². The molecule has 1 aliphatic heterocycles. The van der Waals surface area contributed by atoms with Crippen LogP contribution in [0.5, 0.6) is 0 Å². The van der Waals surface area contributed by atoms with Gasteiger partial charge in [0.15, 0.2) is 0 Å². The van der Waals surface area contributed by atoms with E-state index in [-0.39, 0.29) is 24.1 Å². The van der Waals surface area contributed by atoms with E-state index < -0.39 is 0 Å². The van der Waals surface area contributed by atoms with Crippen LogP contribution in [0.2, 0.25) is 0 Å². The second kappa shape index (κ2) is 6.21. The minimum absolute atomic E-state index is 0.00224. The van der Waals surface area contributed by atoms with E-state index in [1.165, 1.54) is 0 Å². The van der Waals surface area contributed by atoms with Crippen LogP contribution in [0, 0.1) is 0 Å². The summed E-state index contributed by atoms with van der Waals surface area (Å²) in [6.45, 7) is 4.86. The molecule has 0 aromatic carbocycles. The smallest absolute Gasteiger partial charge is 0.224 e. The second-order valence-corrected chi connectivity index (χ2v) is 4.69. The fourth-order valence-electron chi connectivity index (χ4n) is 2.26. The molecule has 2 N–H and O–H groups in total. The summed E-state index contributed by atoms with van der Waals surface area (Å²) in [4.78, 5) is 13.8. The van der Waals surface area contributed by atoms with E-state index >= 15 is 0 Å². The maximum Gasteiger partial charge on any atom is 0.224 e. The number of nitrogens with zero attached hydrogens (tertiary/aromatic N) is 1. The van der Waals surface area contributed by atoms with Gasteiger partial charge >= 0.3 is 0 Å². The van der Waals surface area contributed by atoms with Crippen molar-refractivity contribution in [2.75, 3.05) is 13.7 Å². The Kier molecular flexibility index (Phi) is 5.22. The molecule has 0 radical (unpaired) electrons. The predicted octanol–water partition coefficient (Wildman–Crippen LogP) is 1.14. The van der Waals surface area contributed by atoms with Crippen LogP contribution in [0.15, 0.2) is 0 Å². The Morgan fingerprint density at radius 1 is 1.62 bits per heavy atom. The van der Waals surface area contributed by atoms with Crippen LogP contribution >= 0.6 is 0 Å². The van der Waals surface area contributed by atoms with Crippen molar-refractivity contribution in [1.29, 1.82) is 0 Å². The van der Waals surface area contributed by atoms with Crippen molar-refractivity contribution in [3.63, 3.8) is 0 Å². The van der Waals surface area contributed by atoms with Crippen LogP contribution in [0.1, 0.15) is 39.5 Å². The van der Waals surface area contributed by atoms with Gasteiger partial charge in [0.05, 0.1) is 12.1 Å². The van der Waals surface area contributed by atoms with Crippen LogP contribution in [-0.4, -0.2) is 42.6 Å². The van der Waals surface area contributed by atoms with Crippen molar-refractivity contribution in [3.05, 3.63) is 0 Å². The first kappa shape index (κ1) is 13.5. The molecule has 1 aliphatic rings. The van der Waals surface area contributed by atoms with Crippen molar-refractivity contribution in [3.8, 4) is 0 Å². The van der Waals surface area contributed by atoms with Gasteiger partial charge < -0.3 is 15.4 Å². The summed E-state index contributed by atoms with van der Waals surface area (Å²) in [7, 11) is 1.86. The Bertz CT molecular complexity index is 233. The highest BCUT2D eigenvalue weighted by Crippen LogP contribution is 2.19. The van der Waals surface area contributed by atoms with Crippen LogP contribution in [0.25, 0.3) is 0 Å². The summed E-state index contributed by atoms with van der Waals surface area (Å²) in [5.74, 6) is 0.142. The first-order valence-corrected chi connectivity index (χ1v) is 6.19. The number of ether oxygens (including phenoxy) is 1. The summed E-state index contributed by atoms with van der Waals surface area (Å²) in [6, 6.07) is 0.221. The van der Waals surface area contributed by atoms with Gasteiger partial charge in [0.25, 0.3) is 0 Å². The normalized spacial score (nSPS) is 26.8. The van der Waals surface area contributed by atoms with Gasteiger partial charge in [-0.25, -0.2) is 0 Å². The zero-order valence-corrected chi connectivity index (χ0v) is 10.6. The van der Waals surface area contributed by atoms with Crippen molar-refractivity contribution < 1.29 is 9.53 Å². The largest absolute Gasteiger partial charge is 0.376 e. The number of rotatable bonds is 5. The topological polar surface area (TPSA) is 55.6 Å². The molecule has 4 heteroatoms. The average molecular weight is 228 g/mol. The van der Waals surface area contributed by atoms with E-state index in [1.807, 2.05) is 18.9 Å². The molecule has 1 heterocycles. The molecular weight excluding hydrogens is 204 g/mol. The molecule has 1 saturated heterocycles. The highest BCUT2D eigenvalue weighted by Gasteiger charge is 2.30. The quantitative estimate of drug-likeness (QED) is 0.767. The summed E-state index contributed by atoms with van der Waals surface area (Å²) in [5, 5.41) is 0. The molecule has 1 amide bonds. The molecule has 3 atom stereocenters. The number of hydrogen-bond donors (Lipinski definition) is 1. The Morgan fingerprint density at radius 2 is 2.31 bits per heavy atom. The highest BCUT2D eigenvalue weighted by atomic mass is 16.5. The van der Waals surface area contributed by atoms with Gasteiger partial charge in [-0.3, -0.25) is 4.79 Å². The van der Waals surface area contributed by atoms with E-state index in [2.05, 4.69) is 6.92 Å². The molecule has 0 aliphatic carbocycles. The lowest BCUT2D eigenvalue weighted by atomic mass is 10.1. The third kappa shape index (κ3) is 3.46. The third-order valence-corrected chi connectivity index (χ3v) is 3.32. The Balaban J connectivity index is 2.40. The number of nitrogens with two attached hydrogens (primary N) is 1. The molecule has 0 saturated carbocycles. The lowest BCUT2D eigenvalue weighted by Crippen LogP contribution is -2.43. The first-order chi connectivity index (χ1) is 7.56. The molecule has 16 heavy (non-hydrogen) atoms. The Labute approximate surface area is 98.1 Å². The summed E-state index contributed by atoms with van der Waals surface area (Å²) in [6.07, 6.45) is 3.48. The van der Waals surface area contributed by atoms with Crippen LogP contribution in [0.4, 0.5) is 0 Å². The van der Waals surface area contributed by atoms with E-state index in [4.69, 9.17) is 10.5 Å². The third-order valence-electron chi connectivity index (χ3n) is 3.32. The van der Waals surface area contributed by atoms with Gasteiger partial charge in [-0.1, -0.05) is 13.3 Å². The van der Waals surface area contributed by atoms with E-state index in [1.54, 1.807) is 0 Å². The molecule has 1 fully saturated rings. The lowest BCUT2D eigenvalue weighted by molar-refractivity contribution is -0.133. The average Bonchev–Trinajstić information content (AvgIpc) is 2.63. The maximum atomic E-state index is 12.0. The van der Waals surface area contributed by atoms with Crippen LogP contribution < -0.4 is 5.73 Å². The number of carbonyl (C=O) groups is 1. The molecule has 4 nitrogen and oxygen atoms in total. The summed E-state index contributed by atoms with van der Waals surface area (Å²) >= 11 is 0. The molecule has 94 valence electrons. The molecule has 0 bridgehead atoms. The van der Waals surface area contributed by atoms with Crippen LogP contribution in [0.3, 0.4) is 0 Å². The number of carbonyl (C=O) groups excluding carboxylic acids is 1. The SMILES string of the molecule is CCCC(N)CC(=O)N(C)C1CCOC1C. The van der Waals surface area contributed by atoms with Crippen LogP contribution in [-0.2, 0) is 9.53 Å². The molecular formula is C12H24N2O2. The summed E-state index contributed by atoms with van der Waals surface area (Å²) < 4.78 is 5.46. The van der Waals surface area contributed by atoms with Gasteiger partial charge in [0.1, 0.15) is 0 Å². The molecule has 0 aromatic heterocycles. The van der Waals surface area contributed by atoms with Gasteiger partial charge in [0, 0.05) is 26.1 Å². The fraction of sp³-hybridized carbons (Fsp3) is 0.917. The highest BCUT2D eigenvalue weighted by molar-refractivity contribution is 5.77. The number of hydrogen-bond acceptors (Lipinski definition) is 3. The minimum Gasteiger partial charge on any atom is -0.376 e. The van der Waals surface area contributed by atoms with Gasteiger partial charge in [0.2, 0.25) is 5.91 Å². The van der Waals surface area contributed by atoms with Gasteiger partial charge in [-0.15, -0.1) is 0 Å². The molecule has 0 aromatic rings. The monoisotopic (exact) mass is 228 g/mol. The first-order valence-electron chi connectivity index (χ1n) is 6.19. The standard InChI is InChI=1S/C12H24N2O2/c1-4-5-10(13)8-12(15)14(3)11-6-7-16-9(11)2/h9-11H,4-8,13H2,1-3H3. The predicted molar refractivity (Wildman–Crippen MR) is 64.1 cm³/mol. The molecule has 1 rings (SSSR count). The lowest BCUT2D eigenvalue weighted by Gasteiger charge is -2.27. The van der Waals surface area contributed by atoms with Gasteiger partial charge in [-0.05, 0) is 19.8 Å². The Morgan fingerprint density at radius 3 is 2.81 bits per heavy atom. The summed E-state index contributed by atoms with van der Waals surface area (Å²) in [5.41, 5.74) is 5.88. The number of likely N-dealkylation sites (N-methyl/N-ethyl adjacent to an activating group) is 1.